The Bertz CT molecular complexity index is 895. The van der Waals surface area contributed by atoms with Gasteiger partial charge in [-0.05, 0) is 55.5 Å². The van der Waals surface area contributed by atoms with E-state index in [1.165, 1.54) is 0 Å². The van der Waals surface area contributed by atoms with E-state index in [1.54, 1.807) is 24.3 Å². The molecule has 31 heavy (non-hydrogen) atoms. The topological polar surface area (TPSA) is 78.9 Å². The van der Waals surface area contributed by atoms with Crippen LogP contribution >= 0.6 is 0 Å². The quantitative estimate of drug-likeness (QED) is 0.359. The molecule has 2 aromatic rings. The lowest BCUT2D eigenvalue weighted by atomic mass is 9.82. The number of carbonyl (C=O) groups is 3. The van der Waals surface area contributed by atoms with E-state index in [0.717, 1.165) is 11.6 Å². The minimum Gasteiger partial charge on any atom is -0.462 e. The summed E-state index contributed by atoms with van der Waals surface area (Å²) in [4.78, 5) is 35.9. The number of hydrogen-bond acceptors (Lipinski definition) is 6. The second-order valence-corrected chi connectivity index (χ2v) is 7.47. The van der Waals surface area contributed by atoms with E-state index < -0.39 is 5.97 Å². The summed E-state index contributed by atoms with van der Waals surface area (Å²) in [6, 6.07) is 16.1. The third-order valence-electron chi connectivity index (χ3n) is 5.30. The standard InChI is InChI=1S/C25H26O6/c1-2-23(26)29-17-16-18-8-14-22(15-9-18)31-25(28)20-12-10-19(11-13-20)24(27)30-21-6-4-3-5-7-21/h2-9,14-15,19-20H,1,10-13,16-17H2. The second-order valence-electron chi connectivity index (χ2n) is 7.47. The Labute approximate surface area is 181 Å². The number of carbonyl (C=O) groups excluding carboxylic acids is 3. The van der Waals surface area contributed by atoms with Crippen molar-refractivity contribution in [2.45, 2.75) is 32.1 Å². The highest BCUT2D eigenvalue weighted by molar-refractivity contribution is 5.81. The molecule has 0 unspecified atom stereocenters. The Hall–Kier alpha value is -3.41. The molecule has 0 amide bonds. The SMILES string of the molecule is C=CC(=O)OCCc1ccc(OC(=O)C2CCC(C(=O)Oc3ccccc3)CC2)cc1. The maximum absolute atomic E-state index is 12.5. The molecule has 6 heteroatoms. The Morgan fingerprint density at radius 3 is 1.84 bits per heavy atom. The molecule has 0 N–H and O–H groups in total. The van der Waals surface area contributed by atoms with Gasteiger partial charge >= 0.3 is 17.9 Å². The second kappa shape index (κ2) is 11.1. The molecular formula is C25H26O6. The van der Waals surface area contributed by atoms with Gasteiger partial charge in [-0.25, -0.2) is 4.79 Å². The van der Waals surface area contributed by atoms with Crippen molar-refractivity contribution in [3.8, 4) is 11.5 Å². The lowest BCUT2D eigenvalue weighted by molar-refractivity contribution is -0.145. The molecular weight excluding hydrogens is 396 g/mol. The van der Waals surface area contributed by atoms with Gasteiger partial charge in [0.2, 0.25) is 0 Å². The Morgan fingerprint density at radius 1 is 0.806 bits per heavy atom. The van der Waals surface area contributed by atoms with Crippen molar-refractivity contribution in [1.29, 1.82) is 0 Å². The van der Waals surface area contributed by atoms with Gasteiger partial charge in [-0.1, -0.05) is 36.9 Å². The molecule has 1 saturated carbocycles. The van der Waals surface area contributed by atoms with Crippen molar-refractivity contribution in [3.63, 3.8) is 0 Å². The molecule has 3 rings (SSSR count). The lowest BCUT2D eigenvalue weighted by Gasteiger charge is -2.25. The molecule has 0 bridgehead atoms. The van der Waals surface area contributed by atoms with Crippen molar-refractivity contribution in [2.75, 3.05) is 6.61 Å². The van der Waals surface area contributed by atoms with Gasteiger partial charge in [-0.2, -0.15) is 0 Å². The first kappa shape index (κ1) is 22.3. The first-order valence-electron chi connectivity index (χ1n) is 10.4. The first-order chi connectivity index (χ1) is 15.0. The molecule has 0 saturated heterocycles. The maximum Gasteiger partial charge on any atom is 0.330 e. The molecule has 2 aromatic carbocycles. The van der Waals surface area contributed by atoms with E-state index in [1.807, 2.05) is 30.3 Å². The van der Waals surface area contributed by atoms with Crippen molar-refractivity contribution in [1.82, 2.24) is 0 Å². The van der Waals surface area contributed by atoms with Gasteiger partial charge in [0.25, 0.3) is 0 Å². The van der Waals surface area contributed by atoms with E-state index in [0.29, 0.717) is 43.6 Å². The third-order valence-corrected chi connectivity index (χ3v) is 5.30. The van der Waals surface area contributed by atoms with E-state index >= 15 is 0 Å². The van der Waals surface area contributed by atoms with Crippen LogP contribution in [-0.4, -0.2) is 24.5 Å². The van der Waals surface area contributed by atoms with Gasteiger partial charge in [-0.3, -0.25) is 9.59 Å². The average Bonchev–Trinajstić information content (AvgIpc) is 2.80. The highest BCUT2D eigenvalue weighted by atomic mass is 16.5. The van der Waals surface area contributed by atoms with Crippen LogP contribution in [0.5, 0.6) is 11.5 Å². The normalized spacial score (nSPS) is 17.9. The minimum absolute atomic E-state index is 0.196. The van der Waals surface area contributed by atoms with Crippen molar-refractivity contribution < 1.29 is 28.6 Å². The zero-order valence-electron chi connectivity index (χ0n) is 17.3. The van der Waals surface area contributed by atoms with Crippen LogP contribution < -0.4 is 9.47 Å². The Morgan fingerprint density at radius 2 is 1.32 bits per heavy atom. The summed E-state index contributed by atoms with van der Waals surface area (Å²) in [5, 5.41) is 0. The Balaban J connectivity index is 1.42. The van der Waals surface area contributed by atoms with Crippen LogP contribution in [0.1, 0.15) is 31.2 Å². The van der Waals surface area contributed by atoms with Crippen LogP contribution in [0.25, 0.3) is 0 Å². The zero-order chi connectivity index (χ0) is 22.1. The van der Waals surface area contributed by atoms with E-state index in [-0.39, 0.29) is 30.4 Å². The van der Waals surface area contributed by atoms with Gasteiger partial charge in [0.1, 0.15) is 11.5 Å². The van der Waals surface area contributed by atoms with E-state index in [2.05, 4.69) is 6.58 Å². The van der Waals surface area contributed by atoms with Gasteiger partial charge in [-0.15, -0.1) is 0 Å². The van der Waals surface area contributed by atoms with Gasteiger partial charge in [0.05, 0.1) is 18.4 Å². The number of esters is 3. The molecule has 1 fully saturated rings. The first-order valence-corrected chi connectivity index (χ1v) is 10.4. The minimum atomic E-state index is -0.450. The maximum atomic E-state index is 12.5. The number of benzene rings is 2. The summed E-state index contributed by atoms with van der Waals surface area (Å²) in [6.45, 7) is 3.61. The molecule has 162 valence electrons. The fraction of sp³-hybridized carbons (Fsp3) is 0.320. The number of rotatable bonds is 8. The monoisotopic (exact) mass is 422 g/mol. The van der Waals surface area contributed by atoms with Crippen LogP contribution in [-0.2, 0) is 25.5 Å². The fourth-order valence-corrected chi connectivity index (χ4v) is 3.50. The summed E-state index contributed by atoms with van der Waals surface area (Å²) >= 11 is 0. The molecule has 1 aliphatic carbocycles. The highest BCUT2D eigenvalue weighted by Gasteiger charge is 2.32. The zero-order valence-corrected chi connectivity index (χ0v) is 17.3. The third kappa shape index (κ3) is 6.81. The summed E-state index contributed by atoms with van der Waals surface area (Å²) in [6.07, 6.45) is 4.10. The predicted octanol–water partition coefficient (Wildman–Crippen LogP) is 4.28. The predicted molar refractivity (Wildman–Crippen MR) is 114 cm³/mol. The average molecular weight is 422 g/mol. The van der Waals surface area contributed by atoms with Crippen molar-refractivity contribution in [2.24, 2.45) is 11.8 Å². The van der Waals surface area contributed by atoms with E-state index in [4.69, 9.17) is 14.2 Å². The summed E-state index contributed by atoms with van der Waals surface area (Å²) in [5.41, 5.74) is 0.967. The smallest absolute Gasteiger partial charge is 0.330 e. The van der Waals surface area contributed by atoms with Crippen LogP contribution in [0, 0.1) is 11.8 Å². The molecule has 6 nitrogen and oxygen atoms in total. The Kier molecular flexibility index (Phi) is 7.98. The molecule has 0 aromatic heterocycles. The fourth-order valence-electron chi connectivity index (χ4n) is 3.50. The number of hydrogen-bond donors (Lipinski definition) is 0. The summed E-state index contributed by atoms with van der Waals surface area (Å²) < 4.78 is 15.9. The van der Waals surface area contributed by atoms with Crippen LogP contribution in [0.15, 0.2) is 67.3 Å². The van der Waals surface area contributed by atoms with Crippen LogP contribution in [0.2, 0.25) is 0 Å². The van der Waals surface area contributed by atoms with Crippen LogP contribution in [0.3, 0.4) is 0 Å². The molecule has 0 aliphatic heterocycles. The molecule has 0 radical (unpaired) electrons. The largest absolute Gasteiger partial charge is 0.462 e. The molecule has 0 spiro atoms. The van der Waals surface area contributed by atoms with Gasteiger partial charge in [0.15, 0.2) is 0 Å². The summed E-state index contributed by atoms with van der Waals surface area (Å²) in [5.74, 6) is -0.375. The lowest BCUT2D eigenvalue weighted by Crippen LogP contribution is -2.30. The number of para-hydroxylation sites is 1. The van der Waals surface area contributed by atoms with Gasteiger partial charge in [0, 0.05) is 12.5 Å². The van der Waals surface area contributed by atoms with Gasteiger partial charge < -0.3 is 14.2 Å². The molecule has 0 heterocycles. The molecule has 0 atom stereocenters. The van der Waals surface area contributed by atoms with Crippen molar-refractivity contribution in [3.05, 3.63) is 72.8 Å². The highest BCUT2D eigenvalue weighted by Crippen LogP contribution is 2.31. The summed E-state index contributed by atoms with van der Waals surface area (Å²) in [7, 11) is 0. The van der Waals surface area contributed by atoms with Crippen LogP contribution in [0.4, 0.5) is 0 Å². The van der Waals surface area contributed by atoms with Crippen molar-refractivity contribution >= 4 is 17.9 Å². The molecule has 1 aliphatic rings. The van der Waals surface area contributed by atoms with E-state index in [9.17, 15) is 14.4 Å². The number of ether oxygens (including phenoxy) is 3.